The van der Waals surface area contributed by atoms with Gasteiger partial charge < -0.3 is 15.5 Å². The molecule has 0 spiro atoms. The van der Waals surface area contributed by atoms with Crippen molar-refractivity contribution in [3.05, 3.63) is 52.5 Å². The molecule has 1 aliphatic heterocycles. The maximum absolute atomic E-state index is 12.8. The van der Waals surface area contributed by atoms with Crippen LogP contribution in [0.25, 0.3) is 0 Å². The van der Waals surface area contributed by atoms with E-state index in [0.29, 0.717) is 17.8 Å². The molecule has 4 nitrogen and oxygen atoms in total. The third kappa shape index (κ3) is 2.49. The van der Waals surface area contributed by atoms with E-state index in [2.05, 4.69) is 20.8 Å². The number of hydrogen-bond donors (Lipinski definition) is 1. The van der Waals surface area contributed by atoms with Gasteiger partial charge in [-0.25, -0.2) is 0 Å². The Morgan fingerprint density at radius 2 is 1.86 bits per heavy atom. The van der Waals surface area contributed by atoms with E-state index in [-0.39, 0.29) is 5.91 Å². The van der Waals surface area contributed by atoms with Crippen LogP contribution in [-0.4, -0.2) is 26.0 Å². The van der Waals surface area contributed by atoms with Crippen molar-refractivity contribution in [3.8, 4) is 0 Å². The average Bonchev–Trinajstić information content (AvgIpc) is 2.47. The molecule has 1 amide bonds. The molecule has 0 aromatic heterocycles. The number of halogens is 1. The van der Waals surface area contributed by atoms with Crippen molar-refractivity contribution >= 4 is 38.9 Å². The number of amides is 1. The number of rotatable bonds is 1. The number of benzene rings is 2. The van der Waals surface area contributed by atoms with Crippen molar-refractivity contribution in [1.29, 1.82) is 0 Å². The van der Waals surface area contributed by atoms with E-state index in [1.54, 1.807) is 17.0 Å². The van der Waals surface area contributed by atoms with Crippen LogP contribution in [-0.2, 0) is 0 Å². The summed E-state index contributed by atoms with van der Waals surface area (Å²) in [6.07, 6.45) is 0. The summed E-state index contributed by atoms with van der Waals surface area (Å²) in [7, 11) is 2.04. The van der Waals surface area contributed by atoms with Crippen LogP contribution in [0.5, 0.6) is 0 Å². The van der Waals surface area contributed by atoms with E-state index in [9.17, 15) is 4.79 Å². The maximum Gasteiger partial charge on any atom is 0.260 e. The molecule has 0 radical (unpaired) electrons. The normalized spacial score (nSPS) is 14.0. The maximum atomic E-state index is 12.8. The minimum absolute atomic E-state index is 0.0550. The zero-order valence-electron chi connectivity index (χ0n) is 11.7. The third-order valence-electron chi connectivity index (χ3n) is 3.73. The molecule has 2 aromatic rings. The number of carbonyl (C=O) groups excluding carboxylic acids is 1. The van der Waals surface area contributed by atoms with Crippen LogP contribution in [0.1, 0.15) is 10.4 Å². The lowest BCUT2D eigenvalue weighted by Crippen LogP contribution is -2.42. The number of nitrogens with zero attached hydrogens (tertiary/aromatic N) is 2. The number of fused-ring (bicyclic) bond motifs is 1. The van der Waals surface area contributed by atoms with Gasteiger partial charge >= 0.3 is 0 Å². The van der Waals surface area contributed by atoms with Gasteiger partial charge in [0.2, 0.25) is 0 Å². The van der Waals surface area contributed by atoms with Crippen LogP contribution in [0.4, 0.5) is 17.1 Å². The summed E-state index contributed by atoms with van der Waals surface area (Å²) in [6, 6.07) is 13.3. The van der Waals surface area contributed by atoms with Crippen molar-refractivity contribution in [1.82, 2.24) is 0 Å². The molecule has 108 valence electrons. The molecule has 21 heavy (non-hydrogen) atoms. The highest BCUT2D eigenvalue weighted by Crippen LogP contribution is 2.33. The van der Waals surface area contributed by atoms with Crippen LogP contribution in [0, 0.1) is 0 Å². The second-order valence-corrected chi connectivity index (χ2v) is 6.01. The summed E-state index contributed by atoms with van der Waals surface area (Å²) in [5.74, 6) is -0.0550. The minimum atomic E-state index is -0.0550. The first-order chi connectivity index (χ1) is 10.1. The standard InChI is InChI=1S/C16H16BrN3O/c1-19-8-9-20(15-5-3-2-4-14(15)19)16(21)12-7-6-11(17)10-13(12)18/h2-7,10H,8-9,18H2,1H3. The van der Waals surface area contributed by atoms with Gasteiger partial charge in [0.15, 0.2) is 0 Å². The molecular weight excluding hydrogens is 330 g/mol. The fraction of sp³-hybridized carbons (Fsp3) is 0.188. The van der Waals surface area contributed by atoms with Gasteiger partial charge in [-0.1, -0.05) is 28.1 Å². The van der Waals surface area contributed by atoms with Crippen molar-refractivity contribution in [2.24, 2.45) is 0 Å². The van der Waals surface area contributed by atoms with E-state index in [1.807, 2.05) is 37.4 Å². The molecule has 2 N–H and O–H groups in total. The van der Waals surface area contributed by atoms with Gasteiger partial charge in [-0.15, -0.1) is 0 Å². The molecule has 0 fully saturated rings. The molecule has 1 heterocycles. The number of likely N-dealkylation sites (N-methyl/N-ethyl adjacent to an activating group) is 1. The predicted octanol–water partition coefficient (Wildman–Crippen LogP) is 3.13. The second-order valence-electron chi connectivity index (χ2n) is 5.10. The van der Waals surface area contributed by atoms with Crippen LogP contribution in [0.3, 0.4) is 0 Å². The quantitative estimate of drug-likeness (QED) is 0.807. The van der Waals surface area contributed by atoms with E-state index < -0.39 is 0 Å². The topological polar surface area (TPSA) is 49.6 Å². The number of carbonyl (C=O) groups is 1. The largest absolute Gasteiger partial charge is 0.398 e. The summed E-state index contributed by atoms with van der Waals surface area (Å²) in [6.45, 7) is 1.46. The van der Waals surface area contributed by atoms with Gasteiger partial charge in [0.1, 0.15) is 0 Å². The summed E-state index contributed by atoms with van der Waals surface area (Å²) in [5.41, 5.74) is 9.01. The van der Waals surface area contributed by atoms with Gasteiger partial charge in [-0.3, -0.25) is 4.79 Å². The fourth-order valence-corrected chi connectivity index (χ4v) is 2.97. The molecule has 5 heteroatoms. The minimum Gasteiger partial charge on any atom is -0.398 e. The highest BCUT2D eigenvalue weighted by atomic mass is 79.9. The lowest BCUT2D eigenvalue weighted by atomic mass is 10.1. The Balaban J connectivity index is 2.01. The molecule has 2 aromatic carbocycles. The van der Waals surface area contributed by atoms with Gasteiger partial charge in [0.05, 0.1) is 16.9 Å². The van der Waals surface area contributed by atoms with E-state index >= 15 is 0 Å². The SMILES string of the molecule is CN1CCN(C(=O)c2ccc(Br)cc2N)c2ccccc21. The molecule has 0 aliphatic carbocycles. The monoisotopic (exact) mass is 345 g/mol. The second kappa shape index (κ2) is 5.41. The summed E-state index contributed by atoms with van der Waals surface area (Å²) in [5, 5.41) is 0. The first-order valence-corrected chi connectivity index (χ1v) is 7.54. The van der Waals surface area contributed by atoms with Crippen LogP contribution < -0.4 is 15.5 Å². The molecule has 0 unspecified atom stereocenters. The van der Waals surface area contributed by atoms with E-state index in [4.69, 9.17) is 5.73 Å². The Morgan fingerprint density at radius 3 is 2.57 bits per heavy atom. The third-order valence-corrected chi connectivity index (χ3v) is 4.23. The Hall–Kier alpha value is -2.01. The number of hydrogen-bond acceptors (Lipinski definition) is 3. The molecule has 0 atom stereocenters. The Morgan fingerprint density at radius 1 is 1.14 bits per heavy atom. The van der Waals surface area contributed by atoms with Crippen LogP contribution in [0.2, 0.25) is 0 Å². The molecule has 0 saturated carbocycles. The molecular formula is C16H16BrN3O. The molecule has 1 aliphatic rings. The fourth-order valence-electron chi connectivity index (χ4n) is 2.59. The molecule has 0 bridgehead atoms. The van der Waals surface area contributed by atoms with Gasteiger partial charge in [0.25, 0.3) is 5.91 Å². The Kier molecular flexibility index (Phi) is 3.59. The first kappa shape index (κ1) is 13.9. The summed E-state index contributed by atoms with van der Waals surface area (Å²) >= 11 is 3.36. The van der Waals surface area contributed by atoms with Crippen molar-refractivity contribution < 1.29 is 4.79 Å². The molecule has 3 rings (SSSR count). The van der Waals surface area contributed by atoms with Crippen LogP contribution >= 0.6 is 15.9 Å². The zero-order valence-corrected chi connectivity index (χ0v) is 13.3. The average molecular weight is 346 g/mol. The number of nitrogens with two attached hydrogens (primary N) is 1. The van der Waals surface area contributed by atoms with Gasteiger partial charge in [0, 0.05) is 30.3 Å². The highest BCUT2D eigenvalue weighted by molar-refractivity contribution is 9.10. The number of para-hydroxylation sites is 2. The molecule has 0 saturated heterocycles. The summed E-state index contributed by atoms with van der Waals surface area (Å²) in [4.78, 5) is 16.8. The summed E-state index contributed by atoms with van der Waals surface area (Å²) < 4.78 is 0.871. The lowest BCUT2D eigenvalue weighted by molar-refractivity contribution is 0.0987. The zero-order chi connectivity index (χ0) is 15.0. The lowest BCUT2D eigenvalue weighted by Gasteiger charge is -2.35. The smallest absolute Gasteiger partial charge is 0.260 e. The van der Waals surface area contributed by atoms with E-state index in [0.717, 1.165) is 22.4 Å². The Labute approximate surface area is 132 Å². The van der Waals surface area contributed by atoms with Crippen LogP contribution in [0.15, 0.2) is 46.9 Å². The van der Waals surface area contributed by atoms with Gasteiger partial charge in [-0.05, 0) is 30.3 Å². The van der Waals surface area contributed by atoms with Gasteiger partial charge in [-0.2, -0.15) is 0 Å². The number of nitrogen functional groups attached to an aromatic ring is 1. The first-order valence-electron chi connectivity index (χ1n) is 6.75. The number of anilines is 3. The van der Waals surface area contributed by atoms with E-state index in [1.165, 1.54) is 0 Å². The highest BCUT2D eigenvalue weighted by Gasteiger charge is 2.26. The predicted molar refractivity (Wildman–Crippen MR) is 89.9 cm³/mol. The van der Waals surface area contributed by atoms with Crippen molar-refractivity contribution in [2.75, 3.05) is 35.7 Å². The Bertz CT molecular complexity index is 702. The van der Waals surface area contributed by atoms with Crippen molar-refractivity contribution in [2.45, 2.75) is 0 Å². The van der Waals surface area contributed by atoms with Crippen molar-refractivity contribution in [3.63, 3.8) is 0 Å².